The highest BCUT2D eigenvalue weighted by Gasteiger charge is 2.16. The van der Waals surface area contributed by atoms with Crippen molar-refractivity contribution in [2.75, 3.05) is 23.5 Å². The van der Waals surface area contributed by atoms with E-state index in [2.05, 4.69) is 46.0 Å². The number of aryl methyl sites for hydroxylation is 3. The molecular formula is C27H29N5O2S. The molecule has 0 atom stereocenters. The molecule has 2 N–H and O–H groups in total. The van der Waals surface area contributed by atoms with Gasteiger partial charge in [-0.25, -0.2) is 0 Å². The molecule has 0 saturated heterocycles. The number of ether oxygens (including phenoxy) is 1. The van der Waals surface area contributed by atoms with Crippen LogP contribution in [0.15, 0.2) is 71.9 Å². The van der Waals surface area contributed by atoms with E-state index in [1.807, 2.05) is 66.9 Å². The molecule has 0 aliphatic rings. The number of nitrogens with zero attached hydrogens (tertiary/aromatic N) is 3. The van der Waals surface area contributed by atoms with Crippen LogP contribution in [0.4, 0.5) is 11.4 Å². The number of methoxy groups -OCH3 is 1. The van der Waals surface area contributed by atoms with Crippen molar-refractivity contribution in [3.63, 3.8) is 0 Å². The number of hydrogen-bond acceptors (Lipinski definition) is 6. The second-order valence-corrected chi connectivity index (χ2v) is 9.31. The van der Waals surface area contributed by atoms with Crippen LogP contribution in [-0.4, -0.2) is 33.5 Å². The molecule has 0 fully saturated rings. The third kappa shape index (κ3) is 6.42. The van der Waals surface area contributed by atoms with E-state index in [4.69, 9.17) is 4.74 Å². The average molecular weight is 488 g/mol. The summed E-state index contributed by atoms with van der Waals surface area (Å²) in [5, 5.41) is 15.8. The van der Waals surface area contributed by atoms with Gasteiger partial charge in [-0.1, -0.05) is 35.5 Å². The molecule has 0 aliphatic carbocycles. The lowest BCUT2D eigenvalue weighted by atomic mass is 10.1. The fraction of sp³-hybridized carbons (Fsp3) is 0.222. The Bertz CT molecular complexity index is 1280. The highest BCUT2D eigenvalue weighted by atomic mass is 32.2. The lowest BCUT2D eigenvalue weighted by molar-refractivity contribution is -0.113. The number of aromatic nitrogens is 3. The molecule has 8 heteroatoms. The highest BCUT2D eigenvalue weighted by Crippen LogP contribution is 2.25. The highest BCUT2D eigenvalue weighted by molar-refractivity contribution is 7.99. The van der Waals surface area contributed by atoms with Crippen molar-refractivity contribution in [2.45, 2.75) is 32.5 Å². The number of nitrogens with one attached hydrogen (secondary N) is 2. The summed E-state index contributed by atoms with van der Waals surface area (Å²) in [7, 11) is 1.64. The maximum atomic E-state index is 12.7. The first-order valence-corrected chi connectivity index (χ1v) is 12.3. The summed E-state index contributed by atoms with van der Waals surface area (Å²) < 4.78 is 7.27. The molecule has 180 valence electrons. The Morgan fingerprint density at radius 1 is 0.886 bits per heavy atom. The Morgan fingerprint density at radius 3 is 2.23 bits per heavy atom. The molecule has 0 saturated carbocycles. The molecule has 3 aromatic carbocycles. The van der Waals surface area contributed by atoms with Gasteiger partial charge in [0.05, 0.1) is 19.4 Å². The summed E-state index contributed by atoms with van der Waals surface area (Å²) in [6, 6.07) is 21.9. The molecule has 4 aromatic rings. The molecule has 1 aromatic heterocycles. The Labute approximate surface area is 209 Å². The summed E-state index contributed by atoms with van der Waals surface area (Å²) in [5.41, 5.74) is 6.12. The van der Waals surface area contributed by atoms with Crippen LogP contribution in [0.25, 0.3) is 5.69 Å². The topological polar surface area (TPSA) is 81.1 Å². The third-order valence-electron chi connectivity index (χ3n) is 5.37. The largest absolute Gasteiger partial charge is 0.497 e. The van der Waals surface area contributed by atoms with Crippen LogP contribution in [0.1, 0.15) is 22.5 Å². The van der Waals surface area contributed by atoms with Crippen molar-refractivity contribution < 1.29 is 9.53 Å². The van der Waals surface area contributed by atoms with Crippen LogP contribution < -0.4 is 15.4 Å². The van der Waals surface area contributed by atoms with Gasteiger partial charge < -0.3 is 15.4 Å². The first-order valence-electron chi connectivity index (χ1n) is 11.3. The Kier molecular flexibility index (Phi) is 7.72. The fourth-order valence-corrected chi connectivity index (χ4v) is 4.50. The number of carbonyl (C=O) groups excluding carboxylic acids is 1. The zero-order valence-corrected chi connectivity index (χ0v) is 21.1. The predicted molar refractivity (Wildman–Crippen MR) is 142 cm³/mol. The van der Waals surface area contributed by atoms with E-state index in [1.165, 1.54) is 17.3 Å². The van der Waals surface area contributed by atoms with Crippen molar-refractivity contribution >= 4 is 29.0 Å². The number of thioether (sulfide) groups is 1. The van der Waals surface area contributed by atoms with E-state index < -0.39 is 0 Å². The fourth-order valence-electron chi connectivity index (χ4n) is 3.73. The normalized spacial score (nSPS) is 10.7. The van der Waals surface area contributed by atoms with Crippen LogP contribution in [0.5, 0.6) is 5.75 Å². The first-order chi connectivity index (χ1) is 16.9. The first kappa shape index (κ1) is 24.3. The van der Waals surface area contributed by atoms with E-state index in [9.17, 15) is 4.79 Å². The molecule has 0 bridgehead atoms. The Hall–Kier alpha value is -3.78. The molecular weight excluding hydrogens is 458 g/mol. The minimum Gasteiger partial charge on any atom is -0.497 e. The quantitative estimate of drug-likeness (QED) is 0.302. The van der Waals surface area contributed by atoms with Gasteiger partial charge in [0.15, 0.2) is 11.0 Å². The van der Waals surface area contributed by atoms with Gasteiger partial charge in [0.2, 0.25) is 5.91 Å². The lowest BCUT2D eigenvalue weighted by Crippen LogP contribution is -2.15. The van der Waals surface area contributed by atoms with Crippen LogP contribution in [0.2, 0.25) is 0 Å². The summed E-state index contributed by atoms with van der Waals surface area (Å²) in [4.78, 5) is 12.7. The van der Waals surface area contributed by atoms with Crippen molar-refractivity contribution in [3.05, 3.63) is 89.2 Å². The zero-order chi connectivity index (χ0) is 24.8. The molecule has 0 spiro atoms. The molecule has 1 heterocycles. The number of amides is 1. The smallest absolute Gasteiger partial charge is 0.234 e. The number of carbonyl (C=O) groups is 1. The molecule has 1 amide bonds. The van der Waals surface area contributed by atoms with Gasteiger partial charge in [-0.3, -0.25) is 9.36 Å². The van der Waals surface area contributed by atoms with Crippen molar-refractivity contribution in [1.82, 2.24) is 14.8 Å². The van der Waals surface area contributed by atoms with E-state index in [-0.39, 0.29) is 11.7 Å². The number of hydrogen-bond donors (Lipinski definition) is 2. The molecule has 7 nitrogen and oxygen atoms in total. The average Bonchev–Trinajstić information content (AvgIpc) is 3.24. The lowest BCUT2D eigenvalue weighted by Gasteiger charge is -2.12. The number of benzene rings is 3. The van der Waals surface area contributed by atoms with Gasteiger partial charge in [-0.05, 0) is 80.4 Å². The van der Waals surface area contributed by atoms with E-state index in [0.29, 0.717) is 11.7 Å². The molecule has 0 aliphatic heterocycles. The summed E-state index contributed by atoms with van der Waals surface area (Å²) in [6.45, 7) is 6.57. The zero-order valence-electron chi connectivity index (χ0n) is 20.3. The van der Waals surface area contributed by atoms with Crippen LogP contribution in [-0.2, 0) is 11.3 Å². The van der Waals surface area contributed by atoms with Gasteiger partial charge in [0.1, 0.15) is 5.75 Å². The molecule has 4 rings (SSSR count). The second kappa shape index (κ2) is 11.1. The van der Waals surface area contributed by atoms with Crippen LogP contribution in [0.3, 0.4) is 0 Å². The number of rotatable bonds is 9. The summed E-state index contributed by atoms with van der Waals surface area (Å²) >= 11 is 1.35. The minimum absolute atomic E-state index is 0.0939. The standard InChI is InChI=1S/C27H29N5O2S/c1-18-5-7-21(8-6-18)28-16-25-30-31-27(32(25)23-9-11-24(34-4)12-10-23)35-17-26(33)29-22-14-19(2)13-20(3)15-22/h5-15,28H,16-17H2,1-4H3,(H,29,33). The third-order valence-corrected chi connectivity index (χ3v) is 6.30. The number of anilines is 2. The second-order valence-electron chi connectivity index (χ2n) is 8.37. The molecule has 0 radical (unpaired) electrons. The van der Waals surface area contributed by atoms with E-state index >= 15 is 0 Å². The van der Waals surface area contributed by atoms with Gasteiger partial charge in [-0.15, -0.1) is 10.2 Å². The minimum atomic E-state index is -0.0939. The SMILES string of the molecule is COc1ccc(-n2c(CNc3ccc(C)cc3)nnc2SCC(=O)Nc2cc(C)cc(C)c2)cc1. The maximum absolute atomic E-state index is 12.7. The van der Waals surface area contributed by atoms with Crippen LogP contribution >= 0.6 is 11.8 Å². The van der Waals surface area contributed by atoms with Gasteiger partial charge in [0.25, 0.3) is 0 Å². The van der Waals surface area contributed by atoms with Crippen LogP contribution in [0, 0.1) is 20.8 Å². The predicted octanol–water partition coefficient (Wildman–Crippen LogP) is 5.54. The Balaban J connectivity index is 1.52. The molecule has 0 unspecified atom stereocenters. The van der Waals surface area contributed by atoms with E-state index in [1.54, 1.807) is 7.11 Å². The molecule has 35 heavy (non-hydrogen) atoms. The maximum Gasteiger partial charge on any atom is 0.234 e. The summed E-state index contributed by atoms with van der Waals surface area (Å²) in [5.74, 6) is 1.63. The van der Waals surface area contributed by atoms with E-state index in [0.717, 1.165) is 39.8 Å². The van der Waals surface area contributed by atoms with Crippen molar-refractivity contribution in [2.24, 2.45) is 0 Å². The van der Waals surface area contributed by atoms with Gasteiger partial charge in [0, 0.05) is 17.1 Å². The monoisotopic (exact) mass is 487 g/mol. The Morgan fingerprint density at radius 2 is 1.57 bits per heavy atom. The van der Waals surface area contributed by atoms with Crippen molar-refractivity contribution in [3.8, 4) is 11.4 Å². The van der Waals surface area contributed by atoms with Gasteiger partial charge in [-0.2, -0.15) is 0 Å². The van der Waals surface area contributed by atoms with Gasteiger partial charge >= 0.3 is 0 Å². The van der Waals surface area contributed by atoms with Crippen molar-refractivity contribution in [1.29, 1.82) is 0 Å². The summed E-state index contributed by atoms with van der Waals surface area (Å²) in [6.07, 6.45) is 0.